The number of benzene rings is 2. The van der Waals surface area contributed by atoms with E-state index in [1.54, 1.807) is 18.5 Å². The molecular formula is C25H16Cl2F4N4O4. The molecule has 14 heteroatoms. The van der Waals surface area contributed by atoms with Crippen LogP contribution in [-0.4, -0.2) is 51.5 Å². The van der Waals surface area contributed by atoms with Crippen LogP contribution in [0.4, 0.5) is 17.6 Å². The fraction of sp³-hybridized carbons (Fsp3) is 0.280. The third-order valence-corrected chi connectivity index (χ3v) is 7.45. The van der Waals surface area contributed by atoms with Gasteiger partial charge in [0.2, 0.25) is 5.91 Å². The molecule has 1 saturated heterocycles. The predicted molar refractivity (Wildman–Crippen MR) is 129 cm³/mol. The normalized spacial score (nSPS) is 21.3. The van der Waals surface area contributed by atoms with E-state index >= 15 is 0 Å². The average molecular weight is 583 g/mol. The number of ether oxygens (including phenoxy) is 1. The molecule has 8 nitrogen and oxygen atoms in total. The van der Waals surface area contributed by atoms with Crippen molar-refractivity contribution in [1.29, 1.82) is 0 Å². The Balaban J connectivity index is 1.27. The van der Waals surface area contributed by atoms with Gasteiger partial charge in [0.25, 0.3) is 0 Å². The highest BCUT2D eigenvalue weighted by Gasteiger charge is 2.57. The summed E-state index contributed by atoms with van der Waals surface area (Å²) in [7, 11) is 0. The largest absolute Gasteiger partial charge is 0.447 e. The van der Waals surface area contributed by atoms with Gasteiger partial charge in [-0.15, -0.1) is 0 Å². The molecule has 0 saturated carbocycles. The molecule has 2 unspecified atom stereocenters. The molecule has 1 aromatic heterocycles. The lowest BCUT2D eigenvalue weighted by atomic mass is 9.82. The maximum Gasteiger partial charge on any atom is 0.401 e. The number of esters is 1. The second-order valence-electron chi connectivity index (χ2n) is 9.41. The Bertz CT molecular complexity index is 1540. The number of rotatable bonds is 4. The van der Waals surface area contributed by atoms with Crippen LogP contribution in [0.5, 0.6) is 0 Å². The molecule has 1 spiro atoms. The van der Waals surface area contributed by atoms with Crippen molar-refractivity contribution >= 4 is 40.8 Å². The van der Waals surface area contributed by atoms with Crippen molar-refractivity contribution in [3.8, 4) is 0 Å². The Labute approximate surface area is 227 Å². The van der Waals surface area contributed by atoms with E-state index in [-0.39, 0.29) is 41.7 Å². The molecular weight excluding hydrogens is 567 g/mol. The first kappa shape index (κ1) is 25.6. The van der Waals surface area contributed by atoms with Crippen molar-refractivity contribution in [2.24, 2.45) is 11.1 Å². The number of hydrogen-bond donors (Lipinski definition) is 0. The molecule has 2 atom stereocenters. The zero-order valence-electron chi connectivity index (χ0n) is 19.6. The molecule has 3 aromatic rings. The van der Waals surface area contributed by atoms with E-state index in [1.165, 1.54) is 27.8 Å². The van der Waals surface area contributed by atoms with Crippen LogP contribution in [0, 0.1) is 11.7 Å². The second-order valence-corrected chi connectivity index (χ2v) is 10.3. The zero-order valence-corrected chi connectivity index (χ0v) is 21.1. The number of alkyl halides is 3. The molecule has 3 aliphatic rings. The summed E-state index contributed by atoms with van der Waals surface area (Å²) in [6.07, 6.45) is -3.60. The maximum absolute atomic E-state index is 14.7. The number of carbonyl (C=O) groups excluding carboxylic acids is 2. The lowest BCUT2D eigenvalue weighted by Gasteiger charge is -2.46. The van der Waals surface area contributed by atoms with Gasteiger partial charge in [0.15, 0.2) is 11.7 Å². The number of oxime groups is 1. The summed E-state index contributed by atoms with van der Waals surface area (Å²) < 4.78 is 64.6. The predicted octanol–water partition coefficient (Wildman–Crippen LogP) is 4.89. The number of fused-ring (bicyclic) bond motifs is 2. The Kier molecular flexibility index (Phi) is 5.88. The van der Waals surface area contributed by atoms with Crippen LogP contribution in [0.25, 0.3) is 0 Å². The fourth-order valence-electron chi connectivity index (χ4n) is 5.12. The molecule has 2 aromatic carbocycles. The van der Waals surface area contributed by atoms with E-state index < -0.39 is 51.9 Å². The van der Waals surface area contributed by atoms with Gasteiger partial charge < -0.3 is 14.5 Å². The quantitative estimate of drug-likeness (QED) is 0.248. The second kappa shape index (κ2) is 8.95. The van der Waals surface area contributed by atoms with Crippen molar-refractivity contribution in [1.82, 2.24) is 14.7 Å². The van der Waals surface area contributed by atoms with E-state index in [0.717, 1.165) is 12.1 Å². The van der Waals surface area contributed by atoms with Crippen molar-refractivity contribution in [2.75, 3.05) is 13.1 Å². The highest BCUT2D eigenvalue weighted by molar-refractivity contribution is 6.34. The molecule has 1 amide bonds. The van der Waals surface area contributed by atoms with Gasteiger partial charge in [-0.1, -0.05) is 40.5 Å². The molecule has 3 aliphatic heterocycles. The average Bonchev–Trinajstić information content (AvgIpc) is 3.58. The van der Waals surface area contributed by atoms with E-state index in [1.807, 2.05) is 0 Å². The monoisotopic (exact) mass is 582 g/mol. The number of carbonyl (C=O) groups is 2. The van der Waals surface area contributed by atoms with E-state index in [2.05, 4.69) is 10.3 Å². The minimum absolute atomic E-state index is 0.0150. The third kappa shape index (κ3) is 4.22. The number of likely N-dealkylation sites (tertiary alicyclic amines) is 1. The van der Waals surface area contributed by atoms with Crippen molar-refractivity contribution < 1.29 is 36.7 Å². The Hall–Kier alpha value is -3.64. The smallest absolute Gasteiger partial charge is 0.401 e. The topological polar surface area (TPSA) is 86.0 Å². The number of aromatic nitrogens is 2. The molecule has 39 heavy (non-hydrogen) atoms. The number of amides is 1. The first-order valence-electron chi connectivity index (χ1n) is 11.6. The van der Waals surface area contributed by atoms with Gasteiger partial charge in [-0.3, -0.25) is 9.48 Å². The molecule has 1 fully saturated rings. The highest BCUT2D eigenvalue weighted by Crippen LogP contribution is 2.48. The van der Waals surface area contributed by atoms with Crippen LogP contribution in [0.2, 0.25) is 10.0 Å². The summed E-state index contributed by atoms with van der Waals surface area (Å²) >= 11 is 11.7. The summed E-state index contributed by atoms with van der Waals surface area (Å²) in [5.41, 5.74) is -1.67. The van der Waals surface area contributed by atoms with Crippen molar-refractivity contribution in [2.45, 2.75) is 24.4 Å². The van der Waals surface area contributed by atoms with Crippen LogP contribution < -0.4 is 0 Å². The van der Waals surface area contributed by atoms with Gasteiger partial charge in [-0.05, 0) is 24.3 Å². The fourth-order valence-corrected chi connectivity index (χ4v) is 5.63. The first-order chi connectivity index (χ1) is 18.5. The molecule has 0 radical (unpaired) electrons. The van der Waals surface area contributed by atoms with Gasteiger partial charge in [0.05, 0.1) is 23.7 Å². The van der Waals surface area contributed by atoms with Crippen LogP contribution in [0.1, 0.15) is 33.2 Å². The molecule has 4 heterocycles. The van der Waals surface area contributed by atoms with Crippen LogP contribution >= 0.6 is 23.2 Å². The highest BCUT2D eigenvalue weighted by atomic mass is 35.5. The van der Waals surface area contributed by atoms with Gasteiger partial charge >= 0.3 is 12.1 Å². The van der Waals surface area contributed by atoms with E-state index in [4.69, 9.17) is 32.8 Å². The summed E-state index contributed by atoms with van der Waals surface area (Å²) in [6.45, 7) is 0.204. The lowest BCUT2D eigenvalue weighted by Crippen LogP contribution is -2.62. The SMILES string of the molecule is O=C1OC2(CN(C(=O)Cn3cccn3)C2)c2ccc(C3=NOC(c4cc(Cl)cc(Cl)c4F)C3C(F)(F)F)cc21. The Morgan fingerprint density at radius 3 is 2.64 bits per heavy atom. The standard InChI is InChI=1S/C25H16Cl2F4N4O4/c26-13-7-15(20(28)17(27)8-13)22-19(25(29,30)31)21(33-39-22)12-2-3-16-14(6-12)23(37)38-24(16)10-34(11-24)18(36)9-35-5-1-4-32-35/h1-8,19,22H,9-11H2. The molecule has 202 valence electrons. The summed E-state index contributed by atoms with van der Waals surface area (Å²) in [4.78, 5) is 31.9. The van der Waals surface area contributed by atoms with Gasteiger partial charge in [-0.2, -0.15) is 18.3 Å². The third-order valence-electron chi connectivity index (χ3n) is 6.96. The van der Waals surface area contributed by atoms with Gasteiger partial charge in [0, 0.05) is 34.1 Å². The molecule has 0 N–H and O–H groups in total. The lowest BCUT2D eigenvalue weighted by molar-refractivity contribution is -0.178. The minimum atomic E-state index is -4.90. The summed E-state index contributed by atoms with van der Waals surface area (Å²) in [5.74, 6) is -4.44. The van der Waals surface area contributed by atoms with E-state index in [0.29, 0.717) is 5.56 Å². The maximum atomic E-state index is 14.7. The van der Waals surface area contributed by atoms with Gasteiger partial charge in [-0.25, -0.2) is 9.18 Å². The van der Waals surface area contributed by atoms with Crippen LogP contribution in [-0.2, 0) is 26.5 Å². The molecule has 0 bridgehead atoms. The minimum Gasteiger partial charge on any atom is -0.447 e. The molecule has 0 aliphatic carbocycles. The van der Waals surface area contributed by atoms with Crippen LogP contribution in [0.15, 0.2) is 53.9 Å². The Morgan fingerprint density at radius 1 is 1.18 bits per heavy atom. The summed E-state index contributed by atoms with van der Waals surface area (Å²) in [6, 6.07) is 7.83. The number of hydrogen-bond acceptors (Lipinski definition) is 6. The van der Waals surface area contributed by atoms with Gasteiger partial charge in [0.1, 0.15) is 24.0 Å². The van der Waals surface area contributed by atoms with Crippen LogP contribution in [0.3, 0.4) is 0 Å². The molecule has 6 rings (SSSR count). The number of nitrogens with zero attached hydrogens (tertiary/aromatic N) is 4. The van der Waals surface area contributed by atoms with Crippen molar-refractivity contribution in [3.05, 3.63) is 86.9 Å². The Morgan fingerprint density at radius 2 is 1.95 bits per heavy atom. The van der Waals surface area contributed by atoms with E-state index in [9.17, 15) is 27.2 Å². The number of halogens is 6. The van der Waals surface area contributed by atoms with Crippen molar-refractivity contribution in [3.63, 3.8) is 0 Å². The zero-order chi connectivity index (χ0) is 27.7. The summed E-state index contributed by atoms with van der Waals surface area (Å²) in [5, 5.41) is 7.09. The first-order valence-corrected chi connectivity index (χ1v) is 12.3.